The minimum absolute atomic E-state index is 0.0580. The van der Waals surface area contributed by atoms with Gasteiger partial charge in [0.2, 0.25) is 5.95 Å². The van der Waals surface area contributed by atoms with E-state index < -0.39 is 0 Å². The first-order valence-corrected chi connectivity index (χ1v) is 8.83. The number of anilines is 2. The van der Waals surface area contributed by atoms with E-state index in [0.717, 1.165) is 32.1 Å². The highest BCUT2D eigenvalue weighted by atomic mass is 16.2. The van der Waals surface area contributed by atoms with E-state index in [1.54, 1.807) is 36.7 Å². The van der Waals surface area contributed by atoms with Crippen molar-refractivity contribution in [3.05, 3.63) is 48.3 Å². The minimum Gasteiger partial charge on any atom is -0.330 e. The molecule has 2 aromatic rings. The first-order chi connectivity index (χ1) is 12.6. The third-order valence-electron chi connectivity index (χ3n) is 4.81. The second-order valence-corrected chi connectivity index (χ2v) is 6.51. The Kier molecular flexibility index (Phi) is 5.58. The number of hydrogen-bond donors (Lipinski definition) is 2. The summed E-state index contributed by atoms with van der Waals surface area (Å²) in [7, 11) is 0. The van der Waals surface area contributed by atoms with Gasteiger partial charge in [0, 0.05) is 18.0 Å². The van der Waals surface area contributed by atoms with Gasteiger partial charge in [-0.15, -0.1) is 0 Å². The minimum atomic E-state index is -0.200. The third kappa shape index (κ3) is 4.05. The summed E-state index contributed by atoms with van der Waals surface area (Å²) in [5.41, 5.74) is 1.11. The fourth-order valence-corrected chi connectivity index (χ4v) is 3.21. The molecular weight excluding hydrogens is 330 g/mol. The average molecular weight is 354 g/mol. The first-order valence-electron chi connectivity index (χ1n) is 8.83. The molecule has 1 aliphatic heterocycles. The Balaban J connectivity index is 1.59. The highest BCUT2D eigenvalue weighted by Gasteiger charge is 2.30. The van der Waals surface area contributed by atoms with Crippen LogP contribution in [0, 0.1) is 0 Å². The predicted molar refractivity (Wildman–Crippen MR) is 99.5 cm³/mol. The SMILES string of the molecule is CC(=O)c1ccccc1NC(=O)[C@@H](C)[NH+]1CCN(c2ncccn2)CC1. The summed E-state index contributed by atoms with van der Waals surface area (Å²) < 4.78 is 0. The molecule has 1 atom stereocenters. The molecule has 3 rings (SSSR count). The predicted octanol–water partition coefficient (Wildman–Crippen LogP) is 0.411. The number of nitrogens with one attached hydrogen (secondary N) is 2. The molecule has 1 saturated heterocycles. The van der Waals surface area contributed by atoms with Crippen LogP contribution in [0.2, 0.25) is 0 Å². The van der Waals surface area contributed by atoms with Crippen molar-refractivity contribution >= 4 is 23.3 Å². The van der Waals surface area contributed by atoms with Crippen molar-refractivity contribution in [2.24, 2.45) is 0 Å². The van der Waals surface area contributed by atoms with Crippen LogP contribution in [0.3, 0.4) is 0 Å². The number of benzene rings is 1. The lowest BCUT2D eigenvalue weighted by Gasteiger charge is -2.34. The Morgan fingerprint density at radius 1 is 1.12 bits per heavy atom. The molecular formula is C19H24N5O2+. The van der Waals surface area contributed by atoms with E-state index in [1.165, 1.54) is 11.8 Å². The normalized spacial score (nSPS) is 16.2. The maximum absolute atomic E-state index is 12.7. The van der Waals surface area contributed by atoms with E-state index in [9.17, 15) is 9.59 Å². The number of amides is 1. The number of hydrogen-bond acceptors (Lipinski definition) is 5. The Labute approximate surface area is 153 Å². The highest BCUT2D eigenvalue weighted by Crippen LogP contribution is 2.15. The van der Waals surface area contributed by atoms with Gasteiger partial charge in [0.25, 0.3) is 5.91 Å². The number of ketones is 1. The van der Waals surface area contributed by atoms with Crippen LogP contribution in [0.15, 0.2) is 42.7 Å². The van der Waals surface area contributed by atoms with Gasteiger partial charge in [-0.3, -0.25) is 9.59 Å². The number of piperazine rings is 1. The zero-order valence-corrected chi connectivity index (χ0v) is 15.1. The average Bonchev–Trinajstić information content (AvgIpc) is 2.68. The van der Waals surface area contributed by atoms with Gasteiger partial charge in [0.15, 0.2) is 11.8 Å². The van der Waals surface area contributed by atoms with Crippen LogP contribution in [-0.2, 0) is 4.79 Å². The molecule has 7 heteroatoms. The van der Waals surface area contributed by atoms with E-state index in [2.05, 4.69) is 20.2 Å². The van der Waals surface area contributed by atoms with Crippen molar-refractivity contribution in [2.75, 3.05) is 36.4 Å². The van der Waals surface area contributed by atoms with Gasteiger partial charge in [-0.25, -0.2) is 9.97 Å². The number of carbonyl (C=O) groups is 2. The summed E-state index contributed by atoms with van der Waals surface area (Å²) in [5.74, 6) is 0.606. The van der Waals surface area contributed by atoms with E-state index in [-0.39, 0.29) is 17.7 Å². The summed E-state index contributed by atoms with van der Waals surface area (Å²) in [6.07, 6.45) is 3.48. The number of carbonyl (C=O) groups excluding carboxylic acids is 2. The molecule has 1 aromatic heterocycles. The maximum Gasteiger partial charge on any atom is 0.282 e. The highest BCUT2D eigenvalue weighted by molar-refractivity contribution is 6.04. The monoisotopic (exact) mass is 354 g/mol. The molecule has 2 N–H and O–H groups in total. The van der Waals surface area contributed by atoms with Gasteiger partial charge >= 0.3 is 0 Å². The molecule has 26 heavy (non-hydrogen) atoms. The van der Waals surface area contributed by atoms with Gasteiger partial charge in [0.05, 0.1) is 31.9 Å². The molecule has 7 nitrogen and oxygen atoms in total. The van der Waals surface area contributed by atoms with Crippen LogP contribution in [0.5, 0.6) is 0 Å². The molecule has 1 fully saturated rings. The van der Waals surface area contributed by atoms with Crippen molar-refractivity contribution < 1.29 is 14.5 Å². The standard InChI is InChI=1S/C19H23N5O2/c1-14(18(26)22-17-7-4-3-6-16(17)15(2)25)23-10-12-24(13-11-23)19-20-8-5-9-21-19/h3-9,14H,10-13H2,1-2H3,(H,22,26)/p+1/t14-/m1/s1. The Morgan fingerprint density at radius 3 is 2.42 bits per heavy atom. The van der Waals surface area contributed by atoms with Crippen LogP contribution in [0.25, 0.3) is 0 Å². The Morgan fingerprint density at radius 2 is 1.77 bits per heavy atom. The summed E-state index contributed by atoms with van der Waals surface area (Å²) >= 11 is 0. The summed E-state index contributed by atoms with van der Waals surface area (Å²) in [6.45, 7) is 6.71. The van der Waals surface area contributed by atoms with Crippen molar-refractivity contribution in [1.82, 2.24) is 9.97 Å². The molecule has 0 unspecified atom stereocenters. The zero-order chi connectivity index (χ0) is 18.5. The smallest absolute Gasteiger partial charge is 0.282 e. The molecule has 0 saturated carbocycles. The van der Waals surface area contributed by atoms with Crippen LogP contribution < -0.4 is 15.1 Å². The van der Waals surface area contributed by atoms with E-state index in [4.69, 9.17) is 0 Å². The van der Waals surface area contributed by atoms with Crippen molar-refractivity contribution in [3.63, 3.8) is 0 Å². The Bertz CT molecular complexity index is 773. The maximum atomic E-state index is 12.7. The van der Waals surface area contributed by atoms with Gasteiger partial charge < -0.3 is 15.1 Å². The molecule has 0 bridgehead atoms. The second-order valence-electron chi connectivity index (χ2n) is 6.51. The van der Waals surface area contributed by atoms with E-state index in [0.29, 0.717) is 11.3 Å². The second kappa shape index (κ2) is 8.05. The van der Waals surface area contributed by atoms with Crippen LogP contribution in [0.1, 0.15) is 24.2 Å². The van der Waals surface area contributed by atoms with Crippen LogP contribution in [0.4, 0.5) is 11.6 Å². The Hall–Kier alpha value is -2.80. The van der Waals surface area contributed by atoms with Crippen molar-refractivity contribution in [2.45, 2.75) is 19.9 Å². The fourth-order valence-electron chi connectivity index (χ4n) is 3.21. The van der Waals surface area contributed by atoms with Gasteiger partial charge in [-0.05, 0) is 32.0 Å². The number of para-hydroxylation sites is 1. The molecule has 1 aliphatic rings. The summed E-state index contributed by atoms with van der Waals surface area (Å²) in [4.78, 5) is 36.3. The molecule has 0 radical (unpaired) electrons. The van der Waals surface area contributed by atoms with Gasteiger partial charge in [-0.1, -0.05) is 12.1 Å². The molecule has 1 amide bonds. The van der Waals surface area contributed by atoms with Crippen molar-refractivity contribution in [3.8, 4) is 0 Å². The summed E-state index contributed by atoms with van der Waals surface area (Å²) in [5, 5.41) is 2.91. The van der Waals surface area contributed by atoms with Crippen LogP contribution >= 0.6 is 0 Å². The topological polar surface area (TPSA) is 79.6 Å². The quantitative estimate of drug-likeness (QED) is 0.761. The lowest BCUT2D eigenvalue weighted by Crippen LogP contribution is -3.19. The number of quaternary nitrogens is 1. The van der Waals surface area contributed by atoms with Gasteiger partial charge in [-0.2, -0.15) is 0 Å². The van der Waals surface area contributed by atoms with E-state index in [1.807, 2.05) is 13.0 Å². The van der Waals surface area contributed by atoms with Crippen molar-refractivity contribution in [1.29, 1.82) is 0 Å². The van der Waals surface area contributed by atoms with E-state index >= 15 is 0 Å². The van der Waals surface area contributed by atoms with Crippen LogP contribution in [-0.4, -0.2) is 53.9 Å². The number of Topliss-reactive ketones (excluding diaryl/α,β-unsaturated/α-hetero) is 1. The molecule has 2 heterocycles. The summed E-state index contributed by atoms with van der Waals surface area (Å²) in [6, 6.07) is 8.71. The molecule has 1 aromatic carbocycles. The number of nitrogens with zero attached hydrogens (tertiary/aromatic N) is 3. The number of aromatic nitrogens is 2. The third-order valence-corrected chi connectivity index (χ3v) is 4.81. The largest absolute Gasteiger partial charge is 0.330 e. The lowest BCUT2D eigenvalue weighted by molar-refractivity contribution is -0.914. The van der Waals surface area contributed by atoms with Gasteiger partial charge in [0.1, 0.15) is 0 Å². The first kappa shape index (κ1) is 18.0. The molecule has 0 spiro atoms. The zero-order valence-electron chi connectivity index (χ0n) is 15.1. The molecule has 136 valence electrons. The number of rotatable bonds is 5. The fraction of sp³-hybridized carbons (Fsp3) is 0.368. The molecule has 0 aliphatic carbocycles. The lowest BCUT2D eigenvalue weighted by atomic mass is 10.1.